The smallest absolute Gasteiger partial charge is 0.131 e. The van der Waals surface area contributed by atoms with Crippen LogP contribution in [0, 0.1) is 0 Å². The molecule has 0 atom stereocenters. The van der Waals surface area contributed by atoms with Crippen LogP contribution < -0.4 is 0 Å². The Bertz CT molecular complexity index is 3270. The van der Waals surface area contributed by atoms with Crippen LogP contribution in [0.25, 0.3) is 97.4 Å². The van der Waals surface area contributed by atoms with Crippen molar-refractivity contribution in [2.45, 2.75) is 9.79 Å². The first-order valence-electron chi connectivity index (χ1n) is 17.7. The molecule has 12 rings (SSSR count). The second-order valence-corrected chi connectivity index (χ2v) is 15.8. The molecule has 52 heavy (non-hydrogen) atoms. The van der Waals surface area contributed by atoms with E-state index in [1.54, 1.807) is 0 Å². The topological polar surface area (TPSA) is 9.86 Å². The molecule has 0 N–H and O–H groups in total. The summed E-state index contributed by atoms with van der Waals surface area (Å²) in [5, 5.41) is 9.03. The van der Waals surface area contributed by atoms with Crippen LogP contribution in [0.1, 0.15) is 0 Å². The molecule has 0 spiro atoms. The van der Waals surface area contributed by atoms with E-state index in [0.717, 1.165) is 0 Å². The summed E-state index contributed by atoms with van der Waals surface area (Å²) in [5.74, 6) is 0. The van der Waals surface area contributed by atoms with Gasteiger partial charge >= 0.3 is 0 Å². The first kappa shape index (κ1) is 28.6. The summed E-state index contributed by atoms with van der Waals surface area (Å²) >= 11 is 3.79. The molecule has 1 aliphatic rings. The largest absolute Gasteiger partial charge is 0.295 e. The van der Waals surface area contributed by atoms with Crippen LogP contribution >= 0.6 is 23.1 Å². The number of rotatable bonds is 3. The molecule has 4 heteroatoms. The zero-order valence-electron chi connectivity index (χ0n) is 27.9. The van der Waals surface area contributed by atoms with Gasteiger partial charge in [-0.1, -0.05) is 139 Å². The van der Waals surface area contributed by atoms with Gasteiger partial charge in [-0.05, 0) is 75.5 Å². The Balaban J connectivity index is 1.15. The molecule has 11 aromatic rings. The van der Waals surface area contributed by atoms with Gasteiger partial charge < -0.3 is 0 Å². The molecule has 0 saturated heterocycles. The molecule has 1 aliphatic heterocycles. The maximum absolute atomic E-state index is 2.56. The third-order valence-electron chi connectivity index (χ3n) is 10.9. The Morgan fingerprint density at radius 3 is 2.15 bits per heavy atom. The molecule has 4 heterocycles. The zero-order valence-corrected chi connectivity index (χ0v) is 29.5. The van der Waals surface area contributed by atoms with Crippen molar-refractivity contribution in [2.24, 2.45) is 0 Å². The van der Waals surface area contributed by atoms with Crippen molar-refractivity contribution in [3.8, 4) is 33.6 Å². The van der Waals surface area contributed by atoms with Crippen molar-refractivity contribution in [1.29, 1.82) is 0 Å². The predicted molar refractivity (Wildman–Crippen MR) is 223 cm³/mol. The number of fused-ring (bicyclic) bond motifs is 11. The van der Waals surface area contributed by atoms with Gasteiger partial charge in [-0.2, -0.15) is 0 Å². The van der Waals surface area contributed by atoms with Crippen molar-refractivity contribution in [1.82, 2.24) is 9.13 Å². The average molecular weight is 697 g/mol. The van der Waals surface area contributed by atoms with E-state index in [1.807, 2.05) is 23.1 Å². The van der Waals surface area contributed by atoms with Crippen molar-refractivity contribution < 1.29 is 0 Å². The van der Waals surface area contributed by atoms with Crippen LogP contribution in [-0.2, 0) is 0 Å². The normalized spacial score (nSPS) is 12.5. The first-order chi connectivity index (χ1) is 25.8. The van der Waals surface area contributed by atoms with Crippen LogP contribution in [0.2, 0.25) is 0 Å². The standard InChI is InChI=1S/C48H28N2S2/c1-2-12-30(13-3-1)34-16-9-21-42-44(34)38-19-8-17-35(47(38)52-42)32-24-26-41-40(28-32)50-46-37(18-10-22-43(46)51-41)45-36-15-6-7-20-39(36)49(48(45)50)33-25-23-29-11-4-5-14-31(29)27-33/h1-28H. The van der Waals surface area contributed by atoms with E-state index in [1.165, 1.54) is 107 Å². The molecule has 242 valence electrons. The minimum atomic E-state index is 1.17. The van der Waals surface area contributed by atoms with Crippen LogP contribution in [0.15, 0.2) is 180 Å². The Morgan fingerprint density at radius 2 is 1.21 bits per heavy atom. The van der Waals surface area contributed by atoms with E-state index in [0.29, 0.717) is 0 Å². The van der Waals surface area contributed by atoms with Gasteiger partial charge in [0.2, 0.25) is 0 Å². The average Bonchev–Trinajstić information content (AvgIpc) is 3.87. The highest BCUT2D eigenvalue weighted by Crippen LogP contribution is 2.51. The third-order valence-corrected chi connectivity index (χ3v) is 13.2. The van der Waals surface area contributed by atoms with Gasteiger partial charge in [0.25, 0.3) is 0 Å². The molecule has 0 radical (unpaired) electrons. The summed E-state index contributed by atoms with van der Waals surface area (Å²) in [6, 6.07) is 62.7. The molecular formula is C48H28N2S2. The van der Waals surface area contributed by atoms with Crippen molar-refractivity contribution >= 4 is 86.9 Å². The molecule has 0 saturated carbocycles. The molecule has 0 fully saturated rings. The van der Waals surface area contributed by atoms with Gasteiger partial charge in [-0.15, -0.1) is 11.3 Å². The number of hydrogen-bond acceptors (Lipinski definition) is 2. The Kier molecular flexibility index (Phi) is 5.90. The van der Waals surface area contributed by atoms with Crippen molar-refractivity contribution in [2.75, 3.05) is 0 Å². The first-order valence-corrected chi connectivity index (χ1v) is 19.3. The van der Waals surface area contributed by atoms with Crippen LogP contribution in [0.3, 0.4) is 0 Å². The molecule has 0 unspecified atom stereocenters. The second kappa shape index (κ2) is 10.7. The number of benzene rings is 8. The maximum atomic E-state index is 2.56. The van der Waals surface area contributed by atoms with E-state index in [9.17, 15) is 0 Å². The lowest BCUT2D eigenvalue weighted by atomic mass is 9.97. The molecule has 0 amide bonds. The molecule has 0 bridgehead atoms. The second-order valence-electron chi connectivity index (χ2n) is 13.7. The highest BCUT2D eigenvalue weighted by molar-refractivity contribution is 7.99. The Hall–Kier alpha value is -6.07. The van der Waals surface area contributed by atoms with Crippen molar-refractivity contribution in [3.05, 3.63) is 170 Å². The summed E-state index contributed by atoms with van der Waals surface area (Å²) in [4.78, 5) is 2.56. The van der Waals surface area contributed by atoms with Crippen molar-refractivity contribution in [3.63, 3.8) is 0 Å². The Morgan fingerprint density at radius 1 is 0.442 bits per heavy atom. The van der Waals surface area contributed by atoms with Gasteiger partial charge in [0.1, 0.15) is 5.65 Å². The predicted octanol–water partition coefficient (Wildman–Crippen LogP) is 14.0. The number of nitrogens with zero attached hydrogens (tertiary/aromatic N) is 2. The van der Waals surface area contributed by atoms with Gasteiger partial charge in [-0.25, -0.2) is 0 Å². The molecule has 0 aliphatic carbocycles. The monoisotopic (exact) mass is 696 g/mol. The Labute approximate surface area is 307 Å². The van der Waals surface area contributed by atoms with E-state index in [-0.39, 0.29) is 0 Å². The molecular weight excluding hydrogens is 669 g/mol. The highest BCUT2D eigenvalue weighted by Gasteiger charge is 2.28. The molecule has 8 aromatic carbocycles. The third kappa shape index (κ3) is 3.91. The molecule has 3 aromatic heterocycles. The number of para-hydroxylation sites is 2. The lowest BCUT2D eigenvalue weighted by Crippen LogP contribution is -2.06. The van der Waals surface area contributed by atoms with E-state index < -0.39 is 0 Å². The zero-order chi connectivity index (χ0) is 33.9. The maximum Gasteiger partial charge on any atom is 0.131 e. The highest BCUT2D eigenvalue weighted by atomic mass is 32.2. The SMILES string of the molecule is c1ccc(-c2cccc3sc4c(-c5ccc6c(c5)-n5c7c(cccc7c7c8ccccc8n(-c8ccc9ccccc9c8)c75)S6)cccc4c23)cc1. The fourth-order valence-electron chi connectivity index (χ4n) is 8.66. The van der Waals surface area contributed by atoms with Gasteiger partial charge in [-0.3, -0.25) is 9.13 Å². The lowest BCUT2D eigenvalue weighted by Gasteiger charge is -2.22. The number of thiophene rings is 1. The van der Waals surface area contributed by atoms with E-state index in [4.69, 9.17) is 0 Å². The summed E-state index contributed by atoms with van der Waals surface area (Å²) in [6.45, 7) is 0. The van der Waals surface area contributed by atoms with E-state index >= 15 is 0 Å². The van der Waals surface area contributed by atoms with E-state index in [2.05, 4.69) is 179 Å². The summed E-state index contributed by atoms with van der Waals surface area (Å²) < 4.78 is 7.70. The lowest BCUT2D eigenvalue weighted by molar-refractivity contribution is 1.03. The number of hydrogen-bond donors (Lipinski definition) is 0. The fourth-order valence-corrected chi connectivity index (χ4v) is 11.0. The van der Waals surface area contributed by atoms with Gasteiger partial charge in [0.15, 0.2) is 0 Å². The minimum absolute atomic E-state index is 1.17. The quantitative estimate of drug-likeness (QED) is 0.179. The summed E-state index contributed by atoms with van der Waals surface area (Å²) in [7, 11) is 0. The van der Waals surface area contributed by atoms with Gasteiger partial charge in [0.05, 0.1) is 16.7 Å². The van der Waals surface area contributed by atoms with Crippen LogP contribution in [-0.4, -0.2) is 9.13 Å². The fraction of sp³-hybridized carbons (Fsp3) is 0. The van der Waals surface area contributed by atoms with Gasteiger partial charge in [0, 0.05) is 51.8 Å². The summed E-state index contributed by atoms with van der Waals surface area (Å²) in [6.07, 6.45) is 0. The minimum Gasteiger partial charge on any atom is -0.295 e. The van der Waals surface area contributed by atoms with Crippen LogP contribution in [0.5, 0.6) is 0 Å². The number of aromatic nitrogens is 2. The van der Waals surface area contributed by atoms with Crippen LogP contribution in [0.4, 0.5) is 0 Å². The summed E-state index contributed by atoms with van der Waals surface area (Å²) in [5.41, 5.74) is 11.2. The molecule has 2 nitrogen and oxygen atoms in total.